The summed E-state index contributed by atoms with van der Waals surface area (Å²) in [6.07, 6.45) is -2.24. The second kappa shape index (κ2) is 6.37. The number of aliphatic hydroxyl groups is 1. The molecular weight excluding hydrogens is 258 g/mol. The molecule has 1 rings (SSSR count). The fraction of sp³-hybridized carbons (Fsp3) is 0.333. The fourth-order valence-electron chi connectivity index (χ4n) is 1.10. The van der Waals surface area contributed by atoms with E-state index in [9.17, 15) is 9.59 Å². The van der Waals surface area contributed by atoms with Gasteiger partial charge in [-0.15, -0.1) is 0 Å². The smallest absolute Gasteiger partial charge is 0.335 e. The Kier molecular flexibility index (Phi) is 5.12. The monoisotopic (exact) mass is 271 g/mol. The zero-order valence-electron chi connectivity index (χ0n) is 10.0. The highest BCUT2D eigenvalue weighted by atomic mass is 35.5. The summed E-state index contributed by atoms with van der Waals surface area (Å²) in [7, 11) is 0. The molecule has 0 saturated heterocycles. The van der Waals surface area contributed by atoms with Crippen LogP contribution >= 0.6 is 11.6 Å². The third-order valence-corrected chi connectivity index (χ3v) is 2.37. The molecule has 2 atom stereocenters. The van der Waals surface area contributed by atoms with Crippen molar-refractivity contribution < 1.29 is 19.4 Å². The third-order valence-electron chi connectivity index (χ3n) is 2.12. The van der Waals surface area contributed by atoms with Gasteiger partial charge in [-0.05, 0) is 38.1 Å². The van der Waals surface area contributed by atoms with Crippen molar-refractivity contribution in [3.05, 3.63) is 29.3 Å². The van der Waals surface area contributed by atoms with Crippen molar-refractivity contribution in [1.29, 1.82) is 0 Å². The molecule has 18 heavy (non-hydrogen) atoms. The summed E-state index contributed by atoms with van der Waals surface area (Å²) in [4.78, 5) is 22.7. The molecular formula is C12H14ClNO4. The summed E-state index contributed by atoms with van der Waals surface area (Å²) < 4.78 is 4.74. The maximum absolute atomic E-state index is 11.7. The maximum atomic E-state index is 11.7. The van der Waals surface area contributed by atoms with Gasteiger partial charge in [-0.2, -0.15) is 0 Å². The van der Waals surface area contributed by atoms with Gasteiger partial charge in [0.15, 0.2) is 6.10 Å². The van der Waals surface area contributed by atoms with E-state index in [2.05, 4.69) is 5.32 Å². The Morgan fingerprint density at radius 2 is 1.83 bits per heavy atom. The Labute approximate surface area is 110 Å². The SMILES string of the molecule is C[C@H](O)C(=O)O[C@H](C)C(=O)Nc1ccc(Cl)cc1. The molecule has 0 radical (unpaired) electrons. The molecule has 6 heteroatoms. The van der Waals surface area contributed by atoms with Crippen molar-refractivity contribution in [2.24, 2.45) is 0 Å². The van der Waals surface area contributed by atoms with Gasteiger partial charge in [-0.1, -0.05) is 11.6 Å². The Balaban J connectivity index is 2.54. The average molecular weight is 272 g/mol. The molecule has 0 bridgehead atoms. The fourth-order valence-corrected chi connectivity index (χ4v) is 1.23. The number of nitrogens with one attached hydrogen (secondary N) is 1. The lowest BCUT2D eigenvalue weighted by atomic mass is 10.3. The topological polar surface area (TPSA) is 75.6 Å². The Bertz CT molecular complexity index is 430. The van der Waals surface area contributed by atoms with E-state index < -0.39 is 24.1 Å². The minimum Gasteiger partial charge on any atom is -0.451 e. The maximum Gasteiger partial charge on any atom is 0.335 e. The van der Waals surface area contributed by atoms with E-state index in [0.717, 1.165) is 0 Å². The van der Waals surface area contributed by atoms with Crippen LogP contribution in [0.1, 0.15) is 13.8 Å². The lowest BCUT2D eigenvalue weighted by Gasteiger charge is -2.14. The first-order chi connectivity index (χ1) is 8.40. The van der Waals surface area contributed by atoms with Crippen LogP contribution in [0.2, 0.25) is 5.02 Å². The number of aliphatic hydroxyl groups excluding tert-OH is 1. The van der Waals surface area contributed by atoms with Gasteiger partial charge in [0.05, 0.1) is 0 Å². The van der Waals surface area contributed by atoms with Gasteiger partial charge in [0, 0.05) is 10.7 Å². The van der Waals surface area contributed by atoms with Crippen molar-refractivity contribution in [2.45, 2.75) is 26.1 Å². The lowest BCUT2D eigenvalue weighted by molar-refractivity contribution is -0.160. The molecule has 0 fully saturated rings. The van der Waals surface area contributed by atoms with Crippen LogP contribution in [0.4, 0.5) is 5.69 Å². The van der Waals surface area contributed by atoms with Crippen molar-refractivity contribution in [1.82, 2.24) is 0 Å². The third kappa shape index (κ3) is 4.35. The van der Waals surface area contributed by atoms with E-state index in [4.69, 9.17) is 21.4 Å². The molecule has 0 aliphatic carbocycles. The van der Waals surface area contributed by atoms with Crippen LogP contribution < -0.4 is 5.32 Å². The molecule has 0 spiro atoms. The van der Waals surface area contributed by atoms with Crippen LogP contribution in [0.3, 0.4) is 0 Å². The second-order valence-electron chi connectivity index (χ2n) is 3.75. The van der Waals surface area contributed by atoms with Gasteiger partial charge < -0.3 is 15.2 Å². The largest absolute Gasteiger partial charge is 0.451 e. The normalized spacial score (nSPS) is 13.6. The minimum absolute atomic E-state index is 0.480. The zero-order valence-corrected chi connectivity index (χ0v) is 10.8. The summed E-state index contributed by atoms with van der Waals surface area (Å²) in [6.45, 7) is 2.69. The van der Waals surface area contributed by atoms with E-state index in [1.165, 1.54) is 13.8 Å². The number of amides is 1. The van der Waals surface area contributed by atoms with Gasteiger partial charge in [0.1, 0.15) is 6.10 Å². The number of anilines is 1. The molecule has 2 N–H and O–H groups in total. The quantitative estimate of drug-likeness (QED) is 0.816. The molecule has 0 aliphatic rings. The van der Waals surface area contributed by atoms with E-state index in [1.807, 2.05) is 0 Å². The Hall–Kier alpha value is -1.59. The van der Waals surface area contributed by atoms with Crippen molar-refractivity contribution >= 4 is 29.2 Å². The highest BCUT2D eigenvalue weighted by molar-refractivity contribution is 6.30. The minimum atomic E-state index is -1.25. The highest BCUT2D eigenvalue weighted by Crippen LogP contribution is 2.13. The Morgan fingerprint density at radius 3 is 2.33 bits per heavy atom. The molecule has 1 amide bonds. The van der Waals surface area contributed by atoms with Crippen LogP contribution in [0.25, 0.3) is 0 Å². The Morgan fingerprint density at radius 1 is 1.28 bits per heavy atom. The lowest BCUT2D eigenvalue weighted by Crippen LogP contribution is -2.33. The molecule has 1 aromatic carbocycles. The number of esters is 1. The van der Waals surface area contributed by atoms with Gasteiger partial charge >= 0.3 is 5.97 Å². The second-order valence-corrected chi connectivity index (χ2v) is 4.19. The molecule has 98 valence electrons. The first kappa shape index (κ1) is 14.5. The van der Waals surface area contributed by atoms with Crippen molar-refractivity contribution in [3.63, 3.8) is 0 Å². The van der Waals surface area contributed by atoms with Gasteiger partial charge in [-0.3, -0.25) is 4.79 Å². The van der Waals surface area contributed by atoms with E-state index in [1.54, 1.807) is 24.3 Å². The van der Waals surface area contributed by atoms with Crippen LogP contribution in [-0.4, -0.2) is 29.2 Å². The number of carbonyl (C=O) groups excluding carboxylic acids is 2. The highest BCUT2D eigenvalue weighted by Gasteiger charge is 2.20. The summed E-state index contributed by atoms with van der Waals surface area (Å²) >= 11 is 5.70. The predicted octanol–water partition coefficient (Wildman–Crippen LogP) is 1.59. The molecule has 0 aromatic heterocycles. The zero-order chi connectivity index (χ0) is 13.7. The molecule has 0 aliphatic heterocycles. The summed E-state index contributed by atoms with van der Waals surface area (Å²) in [5.74, 6) is -1.32. The van der Waals surface area contributed by atoms with Crippen molar-refractivity contribution in [2.75, 3.05) is 5.32 Å². The molecule has 0 heterocycles. The number of hydrogen-bond acceptors (Lipinski definition) is 4. The van der Waals surface area contributed by atoms with Crippen LogP contribution in [-0.2, 0) is 14.3 Å². The molecule has 1 aromatic rings. The molecule has 5 nitrogen and oxygen atoms in total. The number of hydrogen-bond donors (Lipinski definition) is 2. The summed E-state index contributed by atoms with van der Waals surface area (Å²) in [5, 5.41) is 12.1. The van der Waals surface area contributed by atoms with Crippen LogP contribution in [0, 0.1) is 0 Å². The number of carbonyl (C=O) groups is 2. The first-order valence-electron chi connectivity index (χ1n) is 5.35. The first-order valence-corrected chi connectivity index (χ1v) is 5.73. The number of rotatable bonds is 4. The van der Waals surface area contributed by atoms with E-state index >= 15 is 0 Å². The molecule has 0 unspecified atom stereocenters. The summed E-state index contributed by atoms with van der Waals surface area (Å²) in [5.41, 5.74) is 0.546. The number of benzene rings is 1. The molecule has 0 saturated carbocycles. The van der Waals surface area contributed by atoms with Gasteiger partial charge in [0.25, 0.3) is 5.91 Å². The van der Waals surface area contributed by atoms with E-state index in [-0.39, 0.29) is 0 Å². The van der Waals surface area contributed by atoms with Gasteiger partial charge in [0.2, 0.25) is 0 Å². The van der Waals surface area contributed by atoms with Crippen LogP contribution in [0.15, 0.2) is 24.3 Å². The number of halogens is 1. The van der Waals surface area contributed by atoms with Crippen LogP contribution in [0.5, 0.6) is 0 Å². The van der Waals surface area contributed by atoms with Crippen molar-refractivity contribution in [3.8, 4) is 0 Å². The predicted molar refractivity (Wildman–Crippen MR) is 67.3 cm³/mol. The average Bonchev–Trinajstić information content (AvgIpc) is 2.31. The summed E-state index contributed by atoms with van der Waals surface area (Å²) in [6, 6.07) is 6.51. The number of ether oxygens (including phenoxy) is 1. The standard InChI is InChI=1S/C12H14ClNO4/c1-7(15)12(17)18-8(2)11(16)14-10-5-3-9(13)4-6-10/h3-8,15H,1-2H3,(H,14,16)/t7-,8+/m0/s1. The van der Waals surface area contributed by atoms with Gasteiger partial charge in [-0.25, -0.2) is 4.79 Å². The van der Waals surface area contributed by atoms with E-state index in [0.29, 0.717) is 10.7 Å².